The molecule has 16 heavy (non-hydrogen) atoms. The molecule has 0 radical (unpaired) electrons. The number of ether oxygens (including phenoxy) is 1. The maximum Gasteiger partial charge on any atom is 0.239 e. The van der Waals surface area contributed by atoms with Gasteiger partial charge in [-0.3, -0.25) is 0 Å². The quantitative estimate of drug-likeness (QED) is 0.850. The first kappa shape index (κ1) is 10.5. The van der Waals surface area contributed by atoms with E-state index in [2.05, 4.69) is 10.1 Å². The molecule has 0 amide bonds. The van der Waals surface area contributed by atoms with Crippen LogP contribution in [0.3, 0.4) is 0 Å². The largest absolute Gasteiger partial charge is 0.473 e. The van der Waals surface area contributed by atoms with Crippen molar-refractivity contribution in [1.82, 2.24) is 14.8 Å². The van der Waals surface area contributed by atoms with Crippen LogP contribution in [0.1, 0.15) is 13.8 Å². The molecule has 0 aliphatic carbocycles. The van der Waals surface area contributed by atoms with E-state index >= 15 is 0 Å². The van der Waals surface area contributed by atoms with Crippen LogP contribution in [-0.2, 0) is 0 Å². The van der Waals surface area contributed by atoms with Gasteiger partial charge in [0.15, 0.2) is 5.82 Å². The number of nitrogens with two attached hydrogens (primary N) is 1. The molecule has 5 nitrogen and oxygen atoms in total. The van der Waals surface area contributed by atoms with Gasteiger partial charge >= 0.3 is 0 Å². The summed E-state index contributed by atoms with van der Waals surface area (Å²) in [5.74, 6) is 1.14. The first-order valence-electron chi connectivity index (χ1n) is 5.10. The molecule has 0 bridgehead atoms. The van der Waals surface area contributed by atoms with Gasteiger partial charge in [0.05, 0.1) is 11.8 Å². The highest BCUT2D eigenvalue weighted by molar-refractivity contribution is 5.50. The van der Waals surface area contributed by atoms with E-state index in [9.17, 15) is 0 Å². The zero-order chi connectivity index (χ0) is 11.5. The molecule has 5 heteroatoms. The number of hydrogen-bond donors (Lipinski definition) is 1. The second-order valence-electron chi connectivity index (χ2n) is 3.68. The fourth-order valence-corrected chi connectivity index (χ4v) is 1.29. The van der Waals surface area contributed by atoms with Gasteiger partial charge in [-0.2, -0.15) is 10.1 Å². The molecule has 0 saturated heterocycles. The Morgan fingerprint density at radius 2 is 2.19 bits per heavy atom. The number of anilines is 1. The zero-order valence-corrected chi connectivity index (χ0v) is 9.29. The Labute approximate surface area is 93.9 Å². The van der Waals surface area contributed by atoms with Crippen molar-refractivity contribution in [2.45, 2.75) is 20.0 Å². The summed E-state index contributed by atoms with van der Waals surface area (Å²) in [6, 6.07) is 5.40. The molecule has 0 spiro atoms. The average Bonchev–Trinajstić information content (AvgIpc) is 2.73. The normalized spacial score (nSPS) is 10.7. The van der Waals surface area contributed by atoms with Crippen molar-refractivity contribution < 1.29 is 4.74 Å². The molecular formula is C11H14N4O. The van der Waals surface area contributed by atoms with Gasteiger partial charge in [-0.1, -0.05) is 0 Å². The van der Waals surface area contributed by atoms with Crippen LogP contribution in [0.2, 0.25) is 0 Å². The number of aromatic nitrogens is 3. The summed E-state index contributed by atoms with van der Waals surface area (Å²) in [5.41, 5.74) is 6.31. The molecule has 0 unspecified atom stereocenters. The van der Waals surface area contributed by atoms with Crippen molar-refractivity contribution in [3.63, 3.8) is 0 Å². The maximum absolute atomic E-state index is 5.77. The predicted octanol–water partition coefficient (Wildman–Crippen LogP) is 1.64. The summed E-state index contributed by atoms with van der Waals surface area (Å²) >= 11 is 0. The third-order valence-corrected chi connectivity index (χ3v) is 1.96. The standard InChI is InChI=1S/C11H14N4O/c1-8(2)16-11-9(12)4-5-10(14-11)15-7-3-6-13-15/h3-8H,12H2,1-2H3. The second-order valence-corrected chi connectivity index (χ2v) is 3.68. The van der Waals surface area contributed by atoms with Crippen molar-refractivity contribution in [2.75, 3.05) is 5.73 Å². The Hall–Kier alpha value is -2.04. The predicted molar refractivity (Wildman–Crippen MR) is 61.5 cm³/mol. The average molecular weight is 218 g/mol. The fraction of sp³-hybridized carbons (Fsp3) is 0.273. The lowest BCUT2D eigenvalue weighted by molar-refractivity contribution is 0.234. The number of rotatable bonds is 3. The zero-order valence-electron chi connectivity index (χ0n) is 9.29. The number of pyridine rings is 1. The Morgan fingerprint density at radius 3 is 2.81 bits per heavy atom. The summed E-state index contributed by atoms with van der Waals surface area (Å²) < 4.78 is 7.17. The second kappa shape index (κ2) is 4.22. The molecule has 0 aromatic carbocycles. The molecular weight excluding hydrogens is 204 g/mol. The van der Waals surface area contributed by atoms with Crippen LogP contribution in [0.5, 0.6) is 5.88 Å². The van der Waals surface area contributed by atoms with Gasteiger partial charge in [0, 0.05) is 12.4 Å². The monoisotopic (exact) mass is 218 g/mol. The van der Waals surface area contributed by atoms with Crippen molar-refractivity contribution in [1.29, 1.82) is 0 Å². The van der Waals surface area contributed by atoms with Gasteiger partial charge in [0.25, 0.3) is 0 Å². The van der Waals surface area contributed by atoms with Crippen molar-refractivity contribution in [3.05, 3.63) is 30.6 Å². The third kappa shape index (κ3) is 2.13. The lowest BCUT2D eigenvalue weighted by Crippen LogP contribution is -2.10. The van der Waals surface area contributed by atoms with Crippen LogP contribution in [0, 0.1) is 0 Å². The van der Waals surface area contributed by atoms with E-state index in [4.69, 9.17) is 10.5 Å². The van der Waals surface area contributed by atoms with Gasteiger partial charge in [0.2, 0.25) is 5.88 Å². The molecule has 84 valence electrons. The van der Waals surface area contributed by atoms with E-state index in [1.807, 2.05) is 26.1 Å². The summed E-state index contributed by atoms with van der Waals surface area (Å²) in [4.78, 5) is 4.31. The minimum atomic E-state index is 0.0441. The molecule has 0 fully saturated rings. The highest BCUT2D eigenvalue weighted by Gasteiger charge is 2.07. The van der Waals surface area contributed by atoms with Gasteiger partial charge in [-0.15, -0.1) is 0 Å². The van der Waals surface area contributed by atoms with Crippen LogP contribution in [0.25, 0.3) is 5.82 Å². The topological polar surface area (TPSA) is 66.0 Å². The van der Waals surface area contributed by atoms with Crippen LogP contribution in [-0.4, -0.2) is 20.9 Å². The van der Waals surface area contributed by atoms with Gasteiger partial charge in [-0.05, 0) is 32.0 Å². The fourth-order valence-electron chi connectivity index (χ4n) is 1.29. The van der Waals surface area contributed by atoms with Gasteiger partial charge in [-0.25, -0.2) is 4.68 Å². The lowest BCUT2D eigenvalue weighted by Gasteiger charge is -2.11. The van der Waals surface area contributed by atoms with Crippen molar-refractivity contribution in [2.24, 2.45) is 0 Å². The van der Waals surface area contributed by atoms with E-state index in [0.717, 1.165) is 0 Å². The van der Waals surface area contributed by atoms with E-state index in [-0.39, 0.29) is 6.10 Å². The third-order valence-electron chi connectivity index (χ3n) is 1.96. The van der Waals surface area contributed by atoms with Crippen LogP contribution < -0.4 is 10.5 Å². The van der Waals surface area contributed by atoms with Crippen LogP contribution in [0.15, 0.2) is 30.6 Å². The van der Waals surface area contributed by atoms with Crippen LogP contribution >= 0.6 is 0 Å². The first-order valence-corrected chi connectivity index (χ1v) is 5.10. The molecule has 2 heterocycles. The summed E-state index contributed by atoms with van der Waals surface area (Å²) in [7, 11) is 0. The molecule has 2 aromatic heterocycles. The molecule has 2 aromatic rings. The Morgan fingerprint density at radius 1 is 1.38 bits per heavy atom. The molecule has 0 aliphatic rings. The molecule has 0 atom stereocenters. The molecule has 0 saturated carbocycles. The van der Waals surface area contributed by atoms with E-state index in [1.54, 1.807) is 23.0 Å². The highest BCUT2D eigenvalue weighted by Crippen LogP contribution is 2.20. The van der Waals surface area contributed by atoms with E-state index in [0.29, 0.717) is 17.4 Å². The SMILES string of the molecule is CC(C)Oc1nc(-n2cccn2)ccc1N. The first-order chi connectivity index (χ1) is 7.66. The molecule has 0 aliphatic heterocycles. The van der Waals surface area contributed by atoms with Gasteiger partial charge in [0.1, 0.15) is 0 Å². The minimum Gasteiger partial charge on any atom is -0.473 e. The summed E-state index contributed by atoms with van der Waals surface area (Å²) in [5, 5.41) is 4.09. The number of hydrogen-bond acceptors (Lipinski definition) is 4. The Kier molecular flexibility index (Phi) is 2.76. The van der Waals surface area contributed by atoms with E-state index < -0.39 is 0 Å². The van der Waals surface area contributed by atoms with Gasteiger partial charge < -0.3 is 10.5 Å². The van der Waals surface area contributed by atoms with E-state index in [1.165, 1.54) is 0 Å². The Balaban J connectivity index is 2.36. The smallest absolute Gasteiger partial charge is 0.239 e. The maximum atomic E-state index is 5.77. The summed E-state index contributed by atoms with van der Waals surface area (Å²) in [6.07, 6.45) is 3.56. The van der Waals surface area contributed by atoms with Crippen LogP contribution in [0.4, 0.5) is 5.69 Å². The van der Waals surface area contributed by atoms with Crippen molar-refractivity contribution in [3.8, 4) is 11.7 Å². The number of nitrogen functional groups attached to an aromatic ring is 1. The number of nitrogens with zero attached hydrogens (tertiary/aromatic N) is 3. The lowest BCUT2D eigenvalue weighted by atomic mass is 10.4. The highest BCUT2D eigenvalue weighted by atomic mass is 16.5. The van der Waals surface area contributed by atoms with Crippen molar-refractivity contribution >= 4 is 5.69 Å². The minimum absolute atomic E-state index is 0.0441. The molecule has 2 rings (SSSR count). The molecule has 2 N–H and O–H groups in total. The Bertz CT molecular complexity index is 465. The summed E-state index contributed by atoms with van der Waals surface area (Å²) in [6.45, 7) is 3.86.